The molecule has 0 bridgehead atoms. The fourth-order valence-electron chi connectivity index (χ4n) is 5.18. The molecular formula is C33H35FN4O6. The van der Waals surface area contributed by atoms with Gasteiger partial charge in [0.05, 0.1) is 30.7 Å². The number of nitrogens with one attached hydrogen (secondary N) is 2. The summed E-state index contributed by atoms with van der Waals surface area (Å²) in [5.74, 6) is 1.18. The number of halogens is 1. The average Bonchev–Trinajstić information content (AvgIpc) is 3.05. The number of carbonyl (C=O) groups excluding carboxylic acids is 1. The number of aromatic nitrogens is 1. The monoisotopic (exact) mass is 602 g/mol. The van der Waals surface area contributed by atoms with Gasteiger partial charge < -0.3 is 34.3 Å². The maximum absolute atomic E-state index is 15.2. The molecule has 10 nitrogen and oxygen atoms in total. The molecule has 1 aromatic heterocycles. The smallest absolute Gasteiger partial charge is 0.319 e. The van der Waals surface area contributed by atoms with E-state index in [0.29, 0.717) is 72.4 Å². The maximum Gasteiger partial charge on any atom is 0.319 e. The lowest BCUT2D eigenvalue weighted by Crippen LogP contribution is -2.37. The van der Waals surface area contributed by atoms with Crippen molar-refractivity contribution in [3.8, 4) is 28.7 Å². The van der Waals surface area contributed by atoms with Gasteiger partial charge in [0.2, 0.25) is 5.75 Å². The zero-order valence-electron chi connectivity index (χ0n) is 24.4. The Hall–Kier alpha value is -4.61. The minimum Gasteiger partial charge on any atom is -0.489 e. The molecule has 1 saturated heterocycles. The van der Waals surface area contributed by atoms with Crippen molar-refractivity contribution >= 4 is 22.6 Å². The van der Waals surface area contributed by atoms with Crippen LogP contribution < -0.4 is 29.6 Å². The highest BCUT2D eigenvalue weighted by molar-refractivity contribution is 5.95. The van der Waals surface area contributed by atoms with Crippen LogP contribution in [0.3, 0.4) is 0 Å². The summed E-state index contributed by atoms with van der Waals surface area (Å²) >= 11 is 0. The van der Waals surface area contributed by atoms with Gasteiger partial charge in [-0.15, -0.1) is 0 Å². The van der Waals surface area contributed by atoms with Gasteiger partial charge in [0, 0.05) is 50.2 Å². The van der Waals surface area contributed by atoms with Crippen LogP contribution in [0.25, 0.3) is 10.9 Å². The molecular weight excluding hydrogens is 567 g/mol. The number of urea groups is 1. The molecule has 3 aromatic carbocycles. The number of pyridine rings is 1. The van der Waals surface area contributed by atoms with E-state index in [1.807, 2.05) is 30.3 Å². The van der Waals surface area contributed by atoms with Gasteiger partial charge in [-0.1, -0.05) is 30.3 Å². The first-order chi connectivity index (χ1) is 21.6. The minimum absolute atomic E-state index is 0.0125. The van der Waals surface area contributed by atoms with Crippen molar-refractivity contribution in [2.24, 2.45) is 0 Å². The van der Waals surface area contributed by atoms with Crippen molar-refractivity contribution in [2.75, 3.05) is 64.5 Å². The molecule has 0 saturated carbocycles. The molecule has 2 amide bonds. The molecule has 230 valence electrons. The molecule has 2 aliphatic heterocycles. The summed E-state index contributed by atoms with van der Waals surface area (Å²) in [6, 6.07) is 17.1. The number of nitrogens with zero attached hydrogens (tertiary/aromatic N) is 2. The van der Waals surface area contributed by atoms with Gasteiger partial charge in [0.1, 0.15) is 19.0 Å². The summed E-state index contributed by atoms with van der Waals surface area (Å²) in [4.78, 5) is 19.2. The molecule has 11 heteroatoms. The second kappa shape index (κ2) is 14.2. The van der Waals surface area contributed by atoms with Crippen LogP contribution >= 0.6 is 0 Å². The molecule has 44 heavy (non-hydrogen) atoms. The topological polar surface area (TPSA) is 103 Å². The van der Waals surface area contributed by atoms with Crippen LogP contribution in [0.4, 0.5) is 14.9 Å². The Morgan fingerprint density at radius 1 is 0.932 bits per heavy atom. The number of amides is 2. The first-order valence-corrected chi connectivity index (χ1v) is 14.8. The van der Waals surface area contributed by atoms with Gasteiger partial charge in [-0.25, -0.2) is 9.18 Å². The van der Waals surface area contributed by atoms with Gasteiger partial charge in [0.15, 0.2) is 23.1 Å². The number of hydrogen-bond donors (Lipinski definition) is 2. The van der Waals surface area contributed by atoms with E-state index >= 15 is 4.39 Å². The first kappa shape index (κ1) is 29.5. The van der Waals surface area contributed by atoms with Crippen molar-refractivity contribution in [3.05, 3.63) is 78.2 Å². The Labute approximate surface area is 255 Å². The van der Waals surface area contributed by atoms with E-state index in [9.17, 15) is 4.79 Å². The third-order valence-corrected chi connectivity index (χ3v) is 7.37. The largest absolute Gasteiger partial charge is 0.489 e. The Morgan fingerprint density at radius 3 is 2.57 bits per heavy atom. The maximum atomic E-state index is 15.2. The molecule has 0 unspecified atom stereocenters. The Morgan fingerprint density at radius 2 is 1.75 bits per heavy atom. The molecule has 2 aliphatic rings. The SMILES string of the molecule is O=C(NCCc1ccccc1)Nc1ccc(Oc2ccnc3cc(OCCCN4CCOCC4)c4c(c23)OCCO4)c(F)c1. The van der Waals surface area contributed by atoms with Crippen molar-refractivity contribution in [2.45, 2.75) is 12.8 Å². The fraction of sp³-hybridized carbons (Fsp3) is 0.333. The van der Waals surface area contributed by atoms with Crippen LogP contribution in [0.2, 0.25) is 0 Å². The number of benzene rings is 3. The third-order valence-electron chi connectivity index (χ3n) is 7.37. The molecule has 6 rings (SSSR count). The van der Waals surface area contributed by atoms with E-state index in [1.165, 1.54) is 12.1 Å². The van der Waals surface area contributed by atoms with Crippen LogP contribution in [0, 0.1) is 5.82 Å². The van der Waals surface area contributed by atoms with E-state index in [2.05, 4.69) is 20.5 Å². The molecule has 1 fully saturated rings. The normalized spacial score (nSPS) is 14.7. The molecule has 0 radical (unpaired) electrons. The quantitative estimate of drug-likeness (QED) is 0.220. The average molecular weight is 603 g/mol. The van der Waals surface area contributed by atoms with Gasteiger partial charge in [-0.3, -0.25) is 9.88 Å². The highest BCUT2D eigenvalue weighted by atomic mass is 19.1. The first-order valence-electron chi connectivity index (χ1n) is 14.8. The van der Waals surface area contributed by atoms with Gasteiger partial charge in [0.25, 0.3) is 0 Å². The van der Waals surface area contributed by atoms with Crippen LogP contribution in [-0.4, -0.2) is 75.1 Å². The Balaban J connectivity index is 1.12. The van der Waals surface area contributed by atoms with Gasteiger partial charge in [-0.2, -0.15) is 0 Å². The third kappa shape index (κ3) is 7.29. The number of carbonyl (C=O) groups is 1. The second-order valence-electron chi connectivity index (χ2n) is 10.5. The van der Waals surface area contributed by atoms with Crippen LogP contribution in [0.1, 0.15) is 12.0 Å². The van der Waals surface area contributed by atoms with Crippen molar-refractivity contribution in [1.29, 1.82) is 0 Å². The number of fused-ring (bicyclic) bond motifs is 3. The highest BCUT2D eigenvalue weighted by Gasteiger charge is 2.25. The number of ether oxygens (including phenoxy) is 5. The molecule has 3 heterocycles. The van der Waals surface area contributed by atoms with E-state index in [-0.39, 0.29) is 5.75 Å². The summed E-state index contributed by atoms with van der Waals surface area (Å²) in [6.07, 6.45) is 3.13. The number of hydrogen-bond acceptors (Lipinski definition) is 8. The van der Waals surface area contributed by atoms with Crippen LogP contribution in [0.5, 0.6) is 28.7 Å². The second-order valence-corrected chi connectivity index (χ2v) is 10.5. The molecule has 0 atom stereocenters. The zero-order valence-corrected chi connectivity index (χ0v) is 24.4. The number of anilines is 1. The van der Waals surface area contributed by atoms with Crippen molar-refractivity contribution in [3.63, 3.8) is 0 Å². The Kier molecular flexibility index (Phi) is 9.54. The molecule has 4 aromatic rings. The van der Waals surface area contributed by atoms with Gasteiger partial charge in [-0.05, 0) is 36.6 Å². The van der Waals surface area contributed by atoms with Gasteiger partial charge >= 0.3 is 6.03 Å². The lowest BCUT2D eigenvalue weighted by atomic mass is 10.1. The lowest BCUT2D eigenvalue weighted by Gasteiger charge is -2.26. The Bertz CT molecular complexity index is 1580. The predicted molar refractivity (Wildman–Crippen MR) is 164 cm³/mol. The lowest BCUT2D eigenvalue weighted by molar-refractivity contribution is 0.0357. The van der Waals surface area contributed by atoms with Crippen LogP contribution in [-0.2, 0) is 11.2 Å². The summed E-state index contributed by atoms with van der Waals surface area (Å²) in [6.45, 7) is 5.98. The van der Waals surface area contributed by atoms with Crippen molar-refractivity contribution in [1.82, 2.24) is 15.2 Å². The van der Waals surface area contributed by atoms with Crippen molar-refractivity contribution < 1.29 is 32.9 Å². The highest BCUT2D eigenvalue weighted by Crippen LogP contribution is 2.48. The fourth-order valence-corrected chi connectivity index (χ4v) is 5.18. The standard InChI is InChI=1S/C33H35FN4O6/c34-25-21-24(37-33(39)36-11-9-23-5-2-1-3-6-23)7-8-27(25)44-28-10-12-35-26-22-29(31-32(30(26)28)43-20-19-42-31)41-16-4-13-38-14-17-40-18-15-38/h1-3,5-8,10,12,21-22H,4,9,11,13-20H2,(H2,36,37,39). The summed E-state index contributed by atoms with van der Waals surface area (Å²) in [5.41, 5.74) is 1.99. The van der Waals surface area contributed by atoms with E-state index in [4.69, 9.17) is 23.7 Å². The van der Waals surface area contributed by atoms with E-state index in [0.717, 1.165) is 44.8 Å². The number of morpholine rings is 1. The van der Waals surface area contributed by atoms with E-state index < -0.39 is 11.8 Å². The summed E-state index contributed by atoms with van der Waals surface area (Å²) in [5, 5.41) is 6.00. The molecule has 2 N–H and O–H groups in total. The number of rotatable bonds is 11. The van der Waals surface area contributed by atoms with Crippen LogP contribution in [0.15, 0.2) is 66.9 Å². The zero-order chi connectivity index (χ0) is 30.1. The summed E-state index contributed by atoms with van der Waals surface area (Å²) < 4.78 is 44.7. The predicted octanol–water partition coefficient (Wildman–Crippen LogP) is 5.40. The van der Waals surface area contributed by atoms with E-state index in [1.54, 1.807) is 24.4 Å². The minimum atomic E-state index is -0.636. The molecule has 0 aliphatic carbocycles. The molecule has 0 spiro atoms. The summed E-state index contributed by atoms with van der Waals surface area (Å²) in [7, 11) is 0.